The van der Waals surface area contributed by atoms with Crippen LogP contribution >= 0.6 is 0 Å². The third-order valence-electron chi connectivity index (χ3n) is 7.89. The zero-order chi connectivity index (χ0) is 34.8. The molecule has 2 N–H and O–H groups in total. The average molecular weight is 701 g/mol. The molecule has 0 aliphatic carbocycles. The van der Waals surface area contributed by atoms with Gasteiger partial charge in [0, 0.05) is 47.7 Å². The van der Waals surface area contributed by atoms with Crippen LogP contribution in [0.15, 0.2) is 71.6 Å². The molecule has 0 amide bonds. The lowest BCUT2D eigenvalue weighted by Crippen LogP contribution is -2.35. The summed E-state index contributed by atoms with van der Waals surface area (Å²) in [5, 5.41) is 14.0. The predicted molar refractivity (Wildman–Crippen MR) is 189 cm³/mol. The van der Waals surface area contributed by atoms with Crippen molar-refractivity contribution in [1.82, 2.24) is 9.62 Å². The second kappa shape index (κ2) is 17.2. The molecule has 3 aromatic carbocycles. The maximum atomic E-state index is 13.0. The lowest BCUT2D eigenvalue weighted by atomic mass is 10.0. The number of aliphatic hydroxyl groups excluding tert-OH is 1. The lowest BCUT2D eigenvalue weighted by molar-refractivity contribution is -0.180. The zero-order valence-corrected chi connectivity index (χ0v) is 31.0. The number of rotatable bonds is 19. The van der Waals surface area contributed by atoms with Gasteiger partial charge in [0.2, 0.25) is 15.8 Å². The minimum absolute atomic E-state index is 0.0232. The van der Waals surface area contributed by atoms with E-state index in [1.807, 2.05) is 62.4 Å². The molecule has 4 rings (SSSR count). The van der Waals surface area contributed by atoms with Crippen molar-refractivity contribution in [1.29, 1.82) is 0 Å². The van der Waals surface area contributed by atoms with Crippen molar-refractivity contribution < 1.29 is 37.2 Å². The second-order valence-electron chi connectivity index (χ2n) is 13.8. The summed E-state index contributed by atoms with van der Waals surface area (Å²) in [5.74, 6) is 0.903. The van der Waals surface area contributed by atoms with Gasteiger partial charge in [-0.1, -0.05) is 50.0 Å². The van der Waals surface area contributed by atoms with Gasteiger partial charge in [0.1, 0.15) is 24.8 Å². The second-order valence-corrected chi connectivity index (χ2v) is 21.4. The molecule has 0 radical (unpaired) electrons. The van der Waals surface area contributed by atoms with Gasteiger partial charge in [-0.15, -0.1) is 0 Å². The third-order valence-corrected chi connectivity index (χ3v) is 11.4. The van der Waals surface area contributed by atoms with E-state index in [2.05, 4.69) is 25.0 Å². The van der Waals surface area contributed by atoms with Crippen molar-refractivity contribution in [2.45, 2.75) is 76.0 Å². The van der Waals surface area contributed by atoms with Crippen LogP contribution in [-0.2, 0) is 43.9 Å². The highest BCUT2D eigenvalue weighted by molar-refractivity contribution is 7.89. The summed E-state index contributed by atoms with van der Waals surface area (Å²) < 4.78 is 56.0. The SMILES string of the molecule is CN(COCC[Si](C)(C)C)S(=O)(=O)c1cccc(COCCOc2ccc(CCNC[C@@H](O)c3ccc4c(c3)COC(C)(C)O4)cc2)c1. The van der Waals surface area contributed by atoms with Crippen LogP contribution < -0.4 is 14.8 Å². The number of hydrogen-bond acceptors (Lipinski definition) is 9. The molecule has 1 atom stereocenters. The van der Waals surface area contributed by atoms with E-state index in [0.29, 0.717) is 33.0 Å². The Hall–Kier alpha value is -2.81. The average Bonchev–Trinajstić information content (AvgIpc) is 3.04. The van der Waals surface area contributed by atoms with Crippen LogP contribution in [0.4, 0.5) is 0 Å². The number of fused-ring (bicyclic) bond motifs is 1. The van der Waals surface area contributed by atoms with Gasteiger partial charge >= 0.3 is 0 Å². The highest BCUT2D eigenvalue weighted by atomic mass is 32.2. The van der Waals surface area contributed by atoms with Crippen LogP contribution in [0.2, 0.25) is 25.7 Å². The number of benzene rings is 3. The minimum atomic E-state index is -3.66. The van der Waals surface area contributed by atoms with Gasteiger partial charge in [-0.3, -0.25) is 0 Å². The van der Waals surface area contributed by atoms with Crippen molar-refractivity contribution in [2.75, 3.05) is 46.7 Å². The Morgan fingerprint density at radius 2 is 1.75 bits per heavy atom. The summed E-state index contributed by atoms with van der Waals surface area (Å²) in [4.78, 5) is 0.215. The molecule has 12 heteroatoms. The van der Waals surface area contributed by atoms with Gasteiger partial charge in [0.15, 0.2) is 0 Å². The fourth-order valence-electron chi connectivity index (χ4n) is 4.93. The van der Waals surface area contributed by atoms with E-state index >= 15 is 0 Å². The molecule has 0 saturated heterocycles. The van der Waals surface area contributed by atoms with E-state index < -0.39 is 30.0 Å². The molecule has 1 aliphatic heterocycles. The van der Waals surface area contributed by atoms with E-state index in [1.165, 1.54) is 11.4 Å². The summed E-state index contributed by atoms with van der Waals surface area (Å²) in [6.07, 6.45) is 0.184. The van der Waals surface area contributed by atoms with Gasteiger partial charge in [0.25, 0.3) is 0 Å². The fraction of sp³-hybridized carbons (Fsp3) is 0.500. The van der Waals surface area contributed by atoms with Crippen LogP contribution in [0.3, 0.4) is 0 Å². The predicted octanol–water partition coefficient (Wildman–Crippen LogP) is 5.73. The molecule has 0 aromatic heterocycles. The largest absolute Gasteiger partial charge is 0.491 e. The molecule has 3 aromatic rings. The Kier molecular flexibility index (Phi) is 13.6. The number of nitrogens with one attached hydrogen (secondary N) is 1. The molecule has 1 aliphatic rings. The quantitative estimate of drug-likeness (QED) is 0.0920. The first-order valence-electron chi connectivity index (χ1n) is 16.5. The van der Waals surface area contributed by atoms with E-state index in [1.54, 1.807) is 18.2 Å². The van der Waals surface area contributed by atoms with Gasteiger partial charge in [-0.2, -0.15) is 4.31 Å². The van der Waals surface area contributed by atoms with Crippen molar-refractivity contribution in [3.05, 3.63) is 89.0 Å². The highest BCUT2D eigenvalue weighted by Gasteiger charge is 2.28. The summed E-state index contributed by atoms with van der Waals surface area (Å²) in [7, 11) is -3.37. The Morgan fingerprint density at radius 3 is 2.50 bits per heavy atom. The minimum Gasteiger partial charge on any atom is -0.491 e. The van der Waals surface area contributed by atoms with E-state index in [0.717, 1.165) is 52.8 Å². The number of nitrogens with zero attached hydrogens (tertiary/aromatic N) is 1. The first-order valence-corrected chi connectivity index (χ1v) is 21.6. The standard InChI is InChI=1S/C36H52N2O8SSi/c1-36(2)45-26-31-23-30(12-15-35(31)46-36)34(39)24-37-17-16-28-10-13-32(14-11-28)44-19-18-42-25-29-8-7-9-33(22-29)47(40,41)38(3)27-43-20-21-48(4,5)6/h7-15,22-23,34,37,39H,16-21,24-27H2,1-6H3/t34-/m1/s1. The smallest absolute Gasteiger partial charge is 0.244 e. The zero-order valence-electron chi connectivity index (χ0n) is 29.2. The first-order chi connectivity index (χ1) is 22.7. The Bertz CT molecular complexity index is 1560. The monoisotopic (exact) mass is 700 g/mol. The van der Waals surface area contributed by atoms with E-state index in [9.17, 15) is 13.5 Å². The van der Waals surface area contributed by atoms with Crippen LogP contribution in [0, 0.1) is 0 Å². The van der Waals surface area contributed by atoms with Crippen molar-refractivity contribution in [3.63, 3.8) is 0 Å². The Morgan fingerprint density at radius 1 is 0.979 bits per heavy atom. The van der Waals surface area contributed by atoms with Gasteiger partial charge in [0.05, 0.1) is 30.8 Å². The molecule has 48 heavy (non-hydrogen) atoms. The Labute approximate surface area is 287 Å². The van der Waals surface area contributed by atoms with Crippen LogP contribution in [0.1, 0.15) is 42.2 Å². The fourth-order valence-corrected chi connectivity index (χ4v) is 6.81. The molecule has 0 bridgehead atoms. The number of sulfonamides is 1. The lowest BCUT2D eigenvalue weighted by Gasteiger charge is -2.33. The van der Waals surface area contributed by atoms with E-state index in [4.69, 9.17) is 23.7 Å². The number of hydrogen-bond donors (Lipinski definition) is 2. The van der Waals surface area contributed by atoms with Crippen molar-refractivity contribution >= 4 is 18.1 Å². The number of aliphatic hydroxyl groups is 1. The molecule has 0 unspecified atom stereocenters. The number of ether oxygens (including phenoxy) is 5. The summed E-state index contributed by atoms with van der Waals surface area (Å²) in [6.45, 7) is 13.8. The van der Waals surface area contributed by atoms with Crippen LogP contribution in [-0.4, -0.2) is 78.4 Å². The molecular weight excluding hydrogens is 649 g/mol. The maximum Gasteiger partial charge on any atom is 0.244 e. The maximum absolute atomic E-state index is 13.0. The van der Waals surface area contributed by atoms with Crippen LogP contribution in [0.25, 0.3) is 0 Å². The Balaban J connectivity index is 1.11. The molecule has 10 nitrogen and oxygen atoms in total. The summed E-state index contributed by atoms with van der Waals surface area (Å²) in [5.41, 5.74) is 3.70. The summed E-state index contributed by atoms with van der Waals surface area (Å²) >= 11 is 0. The molecular formula is C36H52N2O8SSi. The highest BCUT2D eigenvalue weighted by Crippen LogP contribution is 2.33. The van der Waals surface area contributed by atoms with Gasteiger partial charge < -0.3 is 34.1 Å². The third kappa shape index (κ3) is 12.0. The summed E-state index contributed by atoms with van der Waals surface area (Å²) in [6, 6.07) is 21.4. The first kappa shape index (κ1) is 38.0. The van der Waals surface area contributed by atoms with Crippen LogP contribution in [0.5, 0.6) is 11.5 Å². The molecule has 0 fully saturated rings. The van der Waals surface area contributed by atoms with Gasteiger partial charge in [-0.25, -0.2) is 8.42 Å². The molecule has 1 heterocycles. The van der Waals surface area contributed by atoms with Crippen molar-refractivity contribution in [2.24, 2.45) is 0 Å². The molecule has 264 valence electrons. The topological polar surface area (TPSA) is 116 Å². The van der Waals surface area contributed by atoms with Crippen molar-refractivity contribution in [3.8, 4) is 11.5 Å². The normalized spacial score (nSPS) is 15.2. The van der Waals surface area contributed by atoms with Gasteiger partial charge in [-0.05, 0) is 72.1 Å². The van der Waals surface area contributed by atoms with E-state index in [-0.39, 0.29) is 18.2 Å². The molecule has 0 spiro atoms. The molecule has 0 saturated carbocycles.